The molecule has 0 radical (unpaired) electrons. The molecule has 3 aromatic rings. The van der Waals surface area contributed by atoms with Crippen molar-refractivity contribution in [2.75, 3.05) is 12.4 Å². The number of thioether (sulfide) groups is 1. The van der Waals surface area contributed by atoms with E-state index in [1.54, 1.807) is 31.4 Å². The minimum Gasteiger partial charge on any atom is -0.497 e. The predicted octanol–water partition coefficient (Wildman–Crippen LogP) is 5.17. The number of ether oxygens (including phenoxy) is 1. The largest absolute Gasteiger partial charge is 0.497 e. The van der Waals surface area contributed by atoms with Crippen LogP contribution in [-0.4, -0.2) is 38.9 Å². The van der Waals surface area contributed by atoms with E-state index in [9.17, 15) is 9.59 Å². The van der Waals surface area contributed by atoms with Crippen molar-refractivity contribution in [3.63, 3.8) is 0 Å². The highest BCUT2D eigenvalue weighted by molar-refractivity contribution is 8.00. The molecular weight excluding hydrogens is 474 g/mol. The molecule has 0 aliphatic heterocycles. The van der Waals surface area contributed by atoms with Crippen molar-refractivity contribution >= 4 is 29.3 Å². The lowest BCUT2D eigenvalue weighted by Crippen LogP contribution is -2.33. The van der Waals surface area contributed by atoms with Crippen LogP contribution in [0.3, 0.4) is 0 Å². The molecule has 36 heavy (non-hydrogen) atoms. The molecule has 0 aliphatic carbocycles. The van der Waals surface area contributed by atoms with Crippen molar-refractivity contribution in [1.29, 1.82) is 0 Å². The van der Waals surface area contributed by atoms with Crippen LogP contribution in [0, 0.1) is 19.8 Å². The first kappa shape index (κ1) is 27.3. The average Bonchev–Trinajstić information content (AvgIpc) is 3.26. The molecule has 0 spiro atoms. The predicted molar refractivity (Wildman–Crippen MR) is 144 cm³/mol. The van der Waals surface area contributed by atoms with Gasteiger partial charge in [0.1, 0.15) is 5.75 Å². The van der Waals surface area contributed by atoms with Gasteiger partial charge in [0.15, 0.2) is 11.0 Å². The maximum absolute atomic E-state index is 13.0. The number of aryl methyl sites for hydroxylation is 1. The highest BCUT2D eigenvalue weighted by Crippen LogP contribution is 2.29. The highest BCUT2D eigenvalue weighted by Gasteiger charge is 2.27. The van der Waals surface area contributed by atoms with Crippen molar-refractivity contribution in [2.24, 2.45) is 5.92 Å². The van der Waals surface area contributed by atoms with E-state index in [0.717, 1.165) is 16.8 Å². The summed E-state index contributed by atoms with van der Waals surface area (Å²) >= 11 is 1.35. The molecule has 1 aromatic heterocycles. The van der Waals surface area contributed by atoms with Gasteiger partial charge in [0.05, 0.1) is 18.4 Å². The summed E-state index contributed by atoms with van der Waals surface area (Å²) in [6.07, 6.45) is 0. The first-order valence-electron chi connectivity index (χ1n) is 12.1. The number of rotatable bonds is 10. The van der Waals surface area contributed by atoms with Crippen LogP contribution in [0.4, 0.5) is 5.69 Å². The number of nitrogens with zero attached hydrogens (tertiary/aromatic N) is 3. The van der Waals surface area contributed by atoms with E-state index in [0.29, 0.717) is 28.8 Å². The number of anilines is 1. The second-order valence-corrected chi connectivity index (χ2v) is 10.3. The molecule has 2 aromatic carbocycles. The second kappa shape index (κ2) is 12.1. The van der Waals surface area contributed by atoms with E-state index in [1.807, 2.05) is 64.3 Å². The fourth-order valence-electron chi connectivity index (χ4n) is 3.74. The third-order valence-corrected chi connectivity index (χ3v) is 7.24. The minimum absolute atomic E-state index is 0.0737. The van der Waals surface area contributed by atoms with Gasteiger partial charge in [0, 0.05) is 17.8 Å². The molecule has 2 atom stereocenters. The Bertz CT molecular complexity index is 1210. The summed E-state index contributed by atoms with van der Waals surface area (Å²) in [6, 6.07) is 12.5. The number of methoxy groups -OCH3 is 1. The Morgan fingerprint density at radius 1 is 1.06 bits per heavy atom. The zero-order valence-corrected chi connectivity index (χ0v) is 22.8. The van der Waals surface area contributed by atoms with Gasteiger partial charge in [-0.25, -0.2) is 0 Å². The monoisotopic (exact) mass is 509 g/mol. The van der Waals surface area contributed by atoms with Gasteiger partial charge in [-0.05, 0) is 75.1 Å². The number of hydrogen-bond acceptors (Lipinski definition) is 6. The molecule has 1 heterocycles. The summed E-state index contributed by atoms with van der Waals surface area (Å²) < 4.78 is 7.14. The van der Waals surface area contributed by atoms with Crippen LogP contribution >= 0.6 is 11.8 Å². The van der Waals surface area contributed by atoms with Crippen molar-refractivity contribution in [1.82, 2.24) is 20.1 Å². The molecule has 0 bridgehead atoms. The molecule has 2 N–H and O–H groups in total. The SMILES string of the molecule is CCn1c(SC(C)C(=O)Nc2cccc(C)c2C)nnc1C(NC(=O)c1ccc(OC)cc1)C(C)C. The number of hydrogen-bond donors (Lipinski definition) is 2. The Morgan fingerprint density at radius 2 is 1.75 bits per heavy atom. The molecule has 3 rings (SSSR count). The van der Waals surface area contributed by atoms with Gasteiger partial charge in [0.25, 0.3) is 5.91 Å². The van der Waals surface area contributed by atoms with Crippen LogP contribution in [0.25, 0.3) is 0 Å². The van der Waals surface area contributed by atoms with E-state index in [4.69, 9.17) is 4.74 Å². The molecule has 2 unspecified atom stereocenters. The molecule has 0 aliphatic rings. The van der Waals surface area contributed by atoms with Gasteiger partial charge in [-0.2, -0.15) is 0 Å². The summed E-state index contributed by atoms with van der Waals surface area (Å²) in [5.74, 6) is 1.13. The highest BCUT2D eigenvalue weighted by atomic mass is 32.2. The zero-order chi connectivity index (χ0) is 26.4. The third kappa shape index (κ3) is 6.26. The Kier molecular flexibility index (Phi) is 9.14. The Balaban J connectivity index is 1.76. The normalized spacial score (nSPS) is 12.8. The van der Waals surface area contributed by atoms with Gasteiger partial charge in [-0.3, -0.25) is 9.59 Å². The zero-order valence-electron chi connectivity index (χ0n) is 22.0. The van der Waals surface area contributed by atoms with E-state index < -0.39 is 5.25 Å². The van der Waals surface area contributed by atoms with Crippen LogP contribution in [-0.2, 0) is 11.3 Å². The summed E-state index contributed by atoms with van der Waals surface area (Å²) in [5.41, 5.74) is 3.52. The molecule has 192 valence electrons. The quantitative estimate of drug-likeness (QED) is 0.366. The summed E-state index contributed by atoms with van der Waals surface area (Å²) in [5, 5.41) is 15.2. The van der Waals surface area contributed by atoms with Crippen molar-refractivity contribution in [2.45, 2.75) is 64.5 Å². The number of amides is 2. The molecule has 0 saturated heterocycles. The van der Waals surface area contributed by atoms with E-state index in [-0.39, 0.29) is 23.8 Å². The fourth-order valence-corrected chi connectivity index (χ4v) is 4.66. The van der Waals surface area contributed by atoms with Crippen molar-refractivity contribution in [3.05, 3.63) is 65.0 Å². The lowest BCUT2D eigenvalue weighted by molar-refractivity contribution is -0.115. The fraction of sp³-hybridized carbons (Fsp3) is 0.407. The minimum atomic E-state index is -0.390. The number of benzene rings is 2. The maximum atomic E-state index is 13.0. The Morgan fingerprint density at radius 3 is 2.36 bits per heavy atom. The molecular formula is C27H35N5O3S. The second-order valence-electron chi connectivity index (χ2n) is 9.01. The molecule has 9 heteroatoms. The summed E-state index contributed by atoms with van der Waals surface area (Å²) in [6.45, 7) is 12.5. The Labute approximate surface area is 217 Å². The van der Waals surface area contributed by atoms with E-state index in [1.165, 1.54) is 11.8 Å². The van der Waals surface area contributed by atoms with Crippen LogP contribution in [0.1, 0.15) is 61.0 Å². The van der Waals surface area contributed by atoms with Gasteiger partial charge in [-0.1, -0.05) is 37.7 Å². The van der Waals surface area contributed by atoms with Gasteiger partial charge in [-0.15, -0.1) is 10.2 Å². The van der Waals surface area contributed by atoms with E-state index in [2.05, 4.69) is 20.8 Å². The maximum Gasteiger partial charge on any atom is 0.251 e. The number of aromatic nitrogens is 3. The summed E-state index contributed by atoms with van der Waals surface area (Å²) in [4.78, 5) is 25.9. The number of carbonyl (C=O) groups is 2. The molecule has 0 fully saturated rings. The molecule has 8 nitrogen and oxygen atoms in total. The number of nitrogens with one attached hydrogen (secondary N) is 2. The van der Waals surface area contributed by atoms with Gasteiger partial charge >= 0.3 is 0 Å². The van der Waals surface area contributed by atoms with Crippen LogP contribution < -0.4 is 15.4 Å². The third-order valence-electron chi connectivity index (χ3n) is 6.16. The molecule has 0 saturated carbocycles. The lowest BCUT2D eigenvalue weighted by Gasteiger charge is -2.23. The first-order valence-corrected chi connectivity index (χ1v) is 13.0. The van der Waals surface area contributed by atoms with Crippen LogP contribution in [0.2, 0.25) is 0 Å². The van der Waals surface area contributed by atoms with Gasteiger partial charge < -0.3 is 19.9 Å². The lowest BCUT2D eigenvalue weighted by atomic mass is 10.0. The van der Waals surface area contributed by atoms with Crippen LogP contribution in [0.5, 0.6) is 5.75 Å². The van der Waals surface area contributed by atoms with Crippen molar-refractivity contribution in [3.8, 4) is 5.75 Å². The van der Waals surface area contributed by atoms with Gasteiger partial charge in [0.2, 0.25) is 5.91 Å². The Hall–Kier alpha value is -3.33. The summed E-state index contributed by atoms with van der Waals surface area (Å²) in [7, 11) is 1.59. The first-order chi connectivity index (χ1) is 17.2. The van der Waals surface area contributed by atoms with E-state index >= 15 is 0 Å². The van der Waals surface area contributed by atoms with Crippen molar-refractivity contribution < 1.29 is 14.3 Å². The topological polar surface area (TPSA) is 98.1 Å². The average molecular weight is 510 g/mol. The van der Waals surface area contributed by atoms with Crippen LogP contribution in [0.15, 0.2) is 47.6 Å². The standard InChI is InChI=1S/C27H35N5O3S/c1-8-32-24(23(16(2)3)29-26(34)20-12-14-21(35-7)15-13-20)30-31-27(32)36-19(6)25(33)28-22-11-9-10-17(4)18(22)5/h9-16,19,23H,8H2,1-7H3,(H,28,33)(H,29,34). The molecule has 2 amide bonds. The number of carbonyl (C=O) groups excluding carboxylic acids is 2. The smallest absolute Gasteiger partial charge is 0.251 e.